The van der Waals surface area contributed by atoms with E-state index < -0.39 is 10.8 Å². The molecule has 0 N–H and O–H groups in total. The Morgan fingerprint density at radius 1 is 1.31 bits per heavy atom. The van der Waals surface area contributed by atoms with Gasteiger partial charge in [0, 0.05) is 28.4 Å². The zero-order valence-corrected chi connectivity index (χ0v) is 10.8. The molecule has 0 saturated heterocycles. The Morgan fingerprint density at radius 3 is 2.25 bits per heavy atom. The molecule has 0 spiro atoms. The van der Waals surface area contributed by atoms with Gasteiger partial charge in [-0.15, -0.1) is 0 Å². The predicted octanol–water partition coefficient (Wildman–Crippen LogP) is 3.08. The largest absolute Gasteiger partial charge is 0.255 e. The minimum atomic E-state index is -0.930. The smallest absolute Gasteiger partial charge is 0.0628 e. The summed E-state index contributed by atoms with van der Waals surface area (Å²) in [6, 6.07) is 9.97. The van der Waals surface area contributed by atoms with Crippen LogP contribution in [0.2, 0.25) is 0 Å². The third-order valence-electron chi connectivity index (χ3n) is 2.76. The maximum absolute atomic E-state index is 11.2. The maximum Gasteiger partial charge on any atom is 0.0628 e. The molecule has 0 aliphatic heterocycles. The standard InChI is InChI=1S/C13H17NOS/c1-10(2)13(8-9-14)11-4-6-12(7-5-11)16(3)15/h4-7,10,13H,8H2,1-3H3. The highest BCUT2D eigenvalue weighted by Gasteiger charge is 2.15. The lowest BCUT2D eigenvalue weighted by Crippen LogP contribution is -2.06. The second kappa shape index (κ2) is 5.81. The van der Waals surface area contributed by atoms with Crippen LogP contribution in [0, 0.1) is 17.2 Å². The lowest BCUT2D eigenvalue weighted by atomic mass is 9.86. The first-order chi connectivity index (χ1) is 7.56. The number of hydrogen-bond acceptors (Lipinski definition) is 2. The maximum atomic E-state index is 11.2. The third kappa shape index (κ3) is 3.18. The molecule has 1 rings (SSSR count). The van der Waals surface area contributed by atoms with Gasteiger partial charge in [-0.3, -0.25) is 4.21 Å². The van der Waals surface area contributed by atoms with Crippen LogP contribution in [-0.4, -0.2) is 10.5 Å². The highest BCUT2D eigenvalue weighted by Crippen LogP contribution is 2.27. The molecule has 1 aromatic rings. The van der Waals surface area contributed by atoms with Gasteiger partial charge >= 0.3 is 0 Å². The van der Waals surface area contributed by atoms with Crippen LogP contribution in [0.5, 0.6) is 0 Å². The van der Waals surface area contributed by atoms with Crippen molar-refractivity contribution in [1.82, 2.24) is 0 Å². The van der Waals surface area contributed by atoms with Gasteiger partial charge in [-0.1, -0.05) is 26.0 Å². The molecular weight excluding hydrogens is 218 g/mol. The van der Waals surface area contributed by atoms with Crippen molar-refractivity contribution in [2.75, 3.05) is 6.26 Å². The number of nitriles is 1. The van der Waals surface area contributed by atoms with Gasteiger partial charge in [0.15, 0.2) is 0 Å². The van der Waals surface area contributed by atoms with Crippen LogP contribution in [0.4, 0.5) is 0 Å². The SMILES string of the molecule is CC(C)C(CC#N)c1ccc(S(C)=O)cc1. The molecule has 0 heterocycles. The molecule has 0 fully saturated rings. The van der Waals surface area contributed by atoms with Gasteiger partial charge in [0.25, 0.3) is 0 Å². The molecule has 0 aliphatic rings. The fourth-order valence-electron chi connectivity index (χ4n) is 1.74. The summed E-state index contributed by atoms with van der Waals surface area (Å²) < 4.78 is 11.2. The van der Waals surface area contributed by atoms with Crippen LogP contribution in [-0.2, 0) is 10.8 Å². The van der Waals surface area contributed by atoms with Crippen LogP contribution in [0.3, 0.4) is 0 Å². The van der Waals surface area contributed by atoms with Gasteiger partial charge in [-0.25, -0.2) is 0 Å². The molecule has 2 nitrogen and oxygen atoms in total. The Labute approximate surface area is 99.8 Å². The number of nitrogens with zero attached hydrogens (tertiary/aromatic N) is 1. The monoisotopic (exact) mass is 235 g/mol. The normalized spacial score (nSPS) is 14.4. The van der Waals surface area contributed by atoms with Crippen molar-refractivity contribution in [3.05, 3.63) is 29.8 Å². The van der Waals surface area contributed by atoms with E-state index in [0.29, 0.717) is 12.3 Å². The fourth-order valence-corrected chi connectivity index (χ4v) is 2.26. The van der Waals surface area contributed by atoms with Crippen molar-refractivity contribution < 1.29 is 4.21 Å². The molecule has 0 aliphatic carbocycles. The van der Waals surface area contributed by atoms with E-state index in [1.165, 1.54) is 0 Å². The van der Waals surface area contributed by atoms with E-state index in [2.05, 4.69) is 19.9 Å². The summed E-state index contributed by atoms with van der Waals surface area (Å²) in [5, 5.41) is 8.79. The number of rotatable bonds is 4. The summed E-state index contributed by atoms with van der Waals surface area (Å²) in [7, 11) is -0.930. The van der Waals surface area contributed by atoms with Crippen molar-refractivity contribution in [3.8, 4) is 6.07 Å². The average Bonchev–Trinajstić information content (AvgIpc) is 2.25. The Morgan fingerprint density at radius 2 is 1.88 bits per heavy atom. The third-order valence-corrected chi connectivity index (χ3v) is 3.69. The first-order valence-electron chi connectivity index (χ1n) is 5.36. The molecule has 2 atom stereocenters. The van der Waals surface area contributed by atoms with Crippen LogP contribution in [0.1, 0.15) is 31.7 Å². The van der Waals surface area contributed by atoms with Crippen molar-refractivity contribution in [2.24, 2.45) is 5.92 Å². The first-order valence-corrected chi connectivity index (χ1v) is 6.92. The highest BCUT2D eigenvalue weighted by molar-refractivity contribution is 7.84. The van der Waals surface area contributed by atoms with E-state index in [4.69, 9.17) is 5.26 Å². The van der Waals surface area contributed by atoms with E-state index in [1.807, 2.05) is 24.3 Å². The minimum absolute atomic E-state index is 0.268. The zero-order valence-electron chi connectivity index (χ0n) is 9.93. The predicted molar refractivity (Wildman–Crippen MR) is 66.6 cm³/mol. The molecule has 86 valence electrons. The summed E-state index contributed by atoms with van der Waals surface area (Å²) in [6.45, 7) is 4.24. The van der Waals surface area contributed by atoms with E-state index >= 15 is 0 Å². The van der Waals surface area contributed by atoms with E-state index in [0.717, 1.165) is 10.5 Å². The van der Waals surface area contributed by atoms with Crippen LogP contribution < -0.4 is 0 Å². The first kappa shape index (κ1) is 12.9. The summed E-state index contributed by atoms with van der Waals surface area (Å²) in [5.74, 6) is 0.710. The number of benzene rings is 1. The molecule has 0 saturated carbocycles. The summed E-state index contributed by atoms with van der Waals surface area (Å²) in [5.41, 5.74) is 1.16. The lowest BCUT2D eigenvalue weighted by molar-refractivity contribution is 0.506. The molecule has 0 radical (unpaired) electrons. The van der Waals surface area contributed by atoms with E-state index in [9.17, 15) is 4.21 Å². The van der Waals surface area contributed by atoms with Crippen LogP contribution >= 0.6 is 0 Å². The second-order valence-corrected chi connectivity index (χ2v) is 5.62. The zero-order chi connectivity index (χ0) is 12.1. The van der Waals surface area contributed by atoms with Gasteiger partial charge in [0.1, 0.15) is 0 Å². The minimum Gasteiger partial charge on any atom is -0.255 e. The summed E-state index contributed by atoms with van der Waals surface area (Å²) in [4.78, 5) is 0.836. The quantitative estimate of drug-likeness (QED) is 0.804. The Balaban J connectivity index is 2.95. The molecule has 1 aromatic carbocycles. The van der Waals surface area contributed by atoms with Crippen molar-refractivity contribution in [2.45, 2.75) is 31.1 Å². The molecule has 0 amide bonds. The molecule has 0 bridgehead atoms. The van der Waals surface area contributed by atoms with Crippen LogP contribution in [0.15, 0.2) is 29.2 Å². The fraction of sp³-hybridized carbons (Fsp3) is 0.462. The van der Waals surface area contributed by atoms with Gasteiger partial charge in [-0.05, 0) is 29.5 Å². The van der Waals surface area contributed by atoms with Crippen molar-refractivity contribution >= 4 is 10.8 Å². The van der Waals surface area contributed by atoms with E-state index in [1.54, 1.807) is 6.26 Å². The van der Waals surface area contributed by atoms with Crippen molar-refractivity contribution in [3.63, 3.8) is 0 Å². The van der Waals surface area contributed by atoms with E-state index in [-0.39, 0.29) is 5.92 Å². The topological polar surface area (TPSA) is 40.9 Å². The molecule has 0 aromatic heterocycles. The van der Waals surface area contributed by atoms with Gasteiger partial charge < -0.3 is 0 Å². The Bertz CT molecular complexity index is 403. The van der Waals surface area contributed by atoms with Gasteiger partial charge in [0.2, 0.25) is 0 Å². The highest BCUT2D eigenvalue weighted by atomic mass is 32.2. The Kier molecular flexibility index (Phi) is 4.70. The van der Waals surface area contributed by atoms with Gasteiger partial charge in [-0.2, -0.15) is 5.26 Å². The average molecular weight is 235 g/mol. The molecule has 3 heteroatoms. The second-order valence-electron chi connectivity index (χ2n) is 4.24. The summed E-state index contributed by atoms with van der Waals surface area (Å²) in [6.07, 6.45) is 2.20. The number of hydrogen-bond donors (Lipinski definition) is 0. The van der Waals surface area contributed by atoms with Crippen LogP contribution in [0.25, 0.3) is 0 Å². The molecular formula is C13H17NOS. The lowest BCUT2D eigenvalue weighted by Gasteiger charge is -2.18. The Hall–Kier alpha value is -1.14. The summed E-state index contributed by atoms with van der Waals surface area (Å²) >= 11 is 0. The van der Waals surface area contributed by atoms with Gasteiger partial charge in [0.05, 0.1) is 6.07 Å². The molecule has 16 heavy (non-hydrogen) atoms. The van der Waals surface area contributed by atoms with Crippen molar-refractivity contribution in [1.29, 1.82) is 5.26 Å². The molecule has 2 unspecified atom stereocenters.